The molecule has 1 N–H and O–H groups in total. The topological polar surface area (TPSA) is 57.6 Å². The molecule has 94 valence electrons. The summed E-state index contributed by atoms with van der Waals surface area (Å²) in [6.45, 7) is 3.76. The monoisotopic (exact) mass is 319 g/mol. The molecule has 0 saturated heterocycles. The number of carboxylic acid groups (broad SMARTS) is 1. The van der Waals surface area contributed by atoms with Crippen LogP contribution in [0.5, 0.6) is 0 Å². The zero-order chi connectivity index (χ0) is 13.0. The van der Waals surface area contributed by atoms with E-state index in [2.05, 4.69) is 15.9 Å². The van der Waals surface area contributed by atoms with E-state index in [0.717, 1.165) is 10.9 Å². The van der Waals surface area contributed by atoms with Crippen LogP contribution in [0, 0.1) is 0 Å². The summed E-state index contributed by atoms with van der Waals surface area (Å²) in [5.74, 6) is -1.22. The largest absolute Gasteiger partial charge is 0.479 e. The molecule has 1 aromatic heterocycles. The van der Waals surface area contributed by atoms with Crippen LogP contribution in [0.2, 0.25) is 0 Å². The lowest BCUT2D eigenvalue weighted by Crippen LogP contribution is -2.37. The van der Waals surface area contributed by atoms with Crippen molar-refractivity contribution in [2.24, 2.45) is 0 Å². The van der Waals surface area contributed by atoms with Gasteiger partial charge in [0.05, 0.1) is 0 Å². The second-order valence-corrected chi connectivity index (χ2v) is 5.48. The van der Waals surface area contributed by atoms with Gasteiger partial charge in [-0.3, -0.25) is 4.79 Å². The molecular weight excluding hydrogens is 306 g/mol. The van der Waals surface area contributed by atoms with E-state index in [1.807, 2.05) is 12.3 Å². The predicted molar refractivity (Wildman–Crippen MR) is 70.1 cm³/mol. The first-order valence-electron chi connectivity index (χ1n) is 5.21. The molecule has 1 rings (SSSR count). The van der Waals surface area contributed by atoms with Gasteiger partial charge in [-0.15, -0.1) is 11.3 Å². The number of hydrogen-bond acceptors (Lipinski definition) is 3. The summed E-state index contributed by atoms with van der Waals surface area (Å²) < 4.78 is 0.837. The van der Waals surface area contributed by atoms with Crippen LogP contribution < -0.4 is 0 Å². The third-order valence-electron chi connectivity index (χ3n) is 2.27. The molecule has 17 heavy (non-hydrogen) atoms. The number of thiophene rings is 1. The second kappa shape index (κ2) is 6.16. The van der Waals surface area contributed by atoms with Crippen molar-refractivity contribution in [3.8, 4) is 0 Å². The predicted octanol–water partition coefficient (Wildman–Crippen LogP) is 2.89. The van der Waals surface area contributed by atoms with Gasteiger partial charge in [0.1, 0.15) is 0 Å². The average molecular weight is 320 g/mol. The molecule has 0 radical (unpaired) electrons. The van der Waals surface area contributed by atoms with Gasteiger partial charge in [-0.1, -0.05) is 6.92 Å². The molecule has 6 heteroatoms. The minimum Gasteiger partial charge on any atom is -0.479 e. The minimum atomic E-state index is -0.997. The fourth-order valence-electron chi connectivity index (χ4n) is 1.59. The Kier molecular flexibility index (Phi) is 5.14. The Hall–Kier alpha value is -0.880. The van der Waals surface area contributed by atoms with Crippen LogP contribution in [0.3, 0.4) is 0 Å². The highest BCUT2D eigenvalue weighted by Gasteiger charge is 2.30. The zero-order valence-electron chi connectivity index (χ0n) is 9.64. The van der Waals surface area contributed by atoms with Crippen molar-refractivity contribution in [3.05, 3.63) is 20.8 Å². The maximum atomic E-state index is 11.5. The molecular formula is C11H14BrNO3S. The van der Waals surface area contributed by atoms with E-state index >= 15 is 0 Å². The third-order valence-corrected chi connectivity index (χ3v) is 4.02. The summed E-state index contributed by atoms with van der Waals surface area (Å²) in [5.41, 5.74) is 0. The number of hydrogen-bond donors (Lipinski definition) is 1. The van der Waals surface area contributed by atoms with Crippen molar-refractivity contribution in [1.29, 1.82) is 0 Å². The van der Waals surface area contributed by atoms with Gasteiger partial charge in [-0.05, 0) is 28.4 Å². The molecule has 1 aromatic rings. The molecule has 0 bridgehead atoms. The Morgan fingerprint density at radius 3 is 2.59 bits per heavy atom. The van der Waals surface area contributed by atoms with Gasteiger partial charge in [-0.2, -0.15) is 0 Å². The average Bonchev–Trinajstić information content (AvgIpc) is 2.63. The molecule has 1 atom stereocenters. The van der Waals surface area contributed by atoms with Crippen molar-refractivity contribution >= 4 is 39.1 Å². The number of amides is 1. The van der Waals surface area contributed by atoms with Crippen LogP contribution in [-0.2, 0) is 9.59 Å². The third kappa shape index (κ3) is 3.54. The number of rotatable bonds is 5. The summed E-state index contributed by atoms with van der Waals surface area (Å²) in [4.78, 5) is 24.9. The fraction of sp³-hybridized carbons (Fsp3) is 0.455. The molecule has 1 unspecified atom stereocenters. The number of nitrogens with zero attached hydrogens (tertiary/aromatic N) is 1. The molecule has 4 nitrogen and oxygen atoms in total. The van der Waals surface area contributed by atoms with Gasteiger partial charge in [0.2, 0.25) is 5.91 Å². The molecule has 0 aliphatic carbocycles. The highest BCUT2D eigenvalue weighted by atomic mass is 79.9. The van der Waals surface area contributed by atoms with Crippen molar-refractivity contribution < 1.29 is 14.7 Å². The maximum absolute atomic E-state index is 11.5. The summed E-state index contributed by atoms with van der Waals surface area (Å²) in [7, 11) is 0. The van der Waals surface area contributed by atoms with E-state index in [9.17, 15) is 14.7 Å². The molecule has 0 saturated carbocycles. The van der Waals surface area contributed by atoms with Gasteiger partial charge in [0.25, 0.3) is 0 Å². The Balaban J connectivity index is 3.06. The first-order valence-corrected chi connectivity index (χ1v) is 6.88. The lowest BCUT2D eigenvalue weighted by molar-refractivity contribution is -0.149. The van der Waals surface area contributed by atoms with E-state index < -0.39 is 12.0 Å². The molecule has 1 amide bonds. The molecule has 0 aliphatic rings. The van der Waals surface area contributed by atoms with Gasteiger partial charge in [0, 0.05) is 28.2 Å². The smallest absolute Gasteiger partial charge is 0.331 e. The van der Waals surface area contributed by atoms with E-state index in [0.29, 0.717) is 11.4 Å². The number of halogens is 1. The Labute approximate surface area is 112 Å². The van der Waals surface area contributed by atoms with Crippen molar-refractivity contribution in [1.82, 2.24) is 4.90 Å². The van der Waals surface area contributed by atoms with E-state index in [4.69, 9.17) is 0 Å². The number of aliphatic carboxylic acids is 1. The summed E-state index contributed by atoms with van der Waals surface area (Å²) in [6, 6.07) is 0.860. The summed E-state index contributed by atoms with van der Waals surface area (Å²) in [6.07, 6.45) is 0.732. The lowest BCUT2D eigenvalue weighted by atomic mass is 10.2. The molecule has 0 aliphatic heterocycles. The first kappa shape index (κ1) is 14.2. The zero-order valence-corrected chi connectivity index (χ0v) is 12.0. The number of carbonyl (C=O) groups is 2. The Morgan fingerprint density at radius 1 is 1.59 bits per heavy atom. The quantitative estimate of drug-likeness (QED) is 0.907. The van der Waals surface area contributed by atoms with Crippen LogP contribution in [0.4, 0.5) is 0 Å². The highest BCUT2D eigenvalue weighted by molar-refractivity contribution is 9.10. The summed E-state index contributed by atoms with van der Waals surface area (Å²) >= 11 is 4.62. The van der Waals surface area contributed by atoms with E-state index in [1.165, 1.54) is 23.2 Å². The maximum Gasteiger partial charge on any atom is 0.331 e. The van der Waals surface area contributed by atoms with Crippen LogP contribution in [0.1, 0.15) is 31.2 Å². The van der Waals surface area contributed by atoms with Crippen molar-refractivity contribution in [2.75, 3.05) is 6.54 Å². The molecule has 0 aromatic carbocycles. The van der Waals surface area contributed by atoms with Gasteiger partial charge >= 0.3 is 5.97 Å². The lowest BCUT2D eigenvalue weighted by Gasteiger charge is -2.26. The summed E-state index contributed by atoms with van der Waals surface area (Å²) in [5, 5.41) is 11.1. The fourth-order valence-corrected chi connectivity index (χ4v) is 3.14. The van der Waals surface area contributed by atoms with Gasteiger partial charge in [0.15, 0.2) is 6.04 Å². The second-order valence-electron chi connectivity index (χ2n) is 3.62. The van der Waals surface area contributed by atoms with Gasteiger partial charge in [-0.25, -0.2) is 4.79 Å². The Bertz CT molecular complexity index is 419. The SMILES string of the molecule is CCCN(C(C)=O)C(C(=O)O)c1cc(Br)cs1. The van der Waals surface area contributed by atoms with Crippen LogP contribution >= 0.6 is 27.3 Å². The van der Waals surface area contributed by atoms with Crippen LogP contribution in [0.15, 0.2) is 15.9 Å². The van der Waals surface area contributed by atoms with Crippen molar-refractivity contribution in [2.45, 2.75) is 26.3 Å². The van der Waals surface area contributed by atoms with E-state index in [-0.39, 0.29) is 5.91 Å². The number of carboxylic acids is 1. The first-order chi connectivity index (χ1) is 7.97. The Morgan fingerprint density at radius 2 is 2.24 bits per heavy atom. The number of carbonyl (C=O) groups excluding carboxylic acids is 1. The van der Waals surface area contributed by atoms with Crippen LogP contribution in [-0.4, -0.2) is 28.4 Å². The molecule has 0 spiro atoms. The molecule has 1 heterocycles. The van der Waals surface area contributed by atoms with E-state index in [1.54, 1.807) is 6.07 Å². The highest BCUT2D eigenvalue weighted by Crippen LogP contribution is 2.30. The van der Waals surface area contributed by atoms with Crippen LogP contribution in [0.25, 0.3) is 0 Å². The normalized spacial score (nSPS) is 12.2. The molecule has 0 fully saturated rings. The minimum absolute atomic E-state index is 0.219. The van der Waals surface area contributed by atoms with Gasteiger partial charge < -0.3 is 10.0 Å². The standard InChI is InChI=1S/C11H14BrNO3S/c1-3-4-13(7(2)14)10(11(15)16)9-5-8(12)6-17-9/h5-6,10H,3-4H2,1-2H3,(H,15,16). The van der Waals surface area contributed by atoms with Crippen molar-refractivity contribution in [3.63, 3.8) is 0 Å².